The van der Waals surface area contributed by atoms with Crippen molar-refractivity contribution >= 4 is 15.7 Å². The molecule has 0 heterocycles. The Morgan fingerprint density at radius 3 is 2.55 bits per heavy atom. The summed E-state index contributed by atoms with van der Waals surface area (Å²) in [5.74, 6) is -1.15. The average Bonchev–Trinajstić information content (AvgIpc) is 2.24. The molecule has 1 aromatic carbocycles. The number of sulfonamides is 1. The Morgan fingerprint density at radius 1 is 1.45 bits per heavy atom. The highest BCUT2D eigenvalue weighted by Gasteiger charge is 2.26. The van der Waals surface area contributed by atoms with Crippen LogP contribution in [0.2, 0.25) is 0 Å². The van der Waals surface area contributed by atoms with Crippen LogP contribution < -0.4 is 9.88 Å². The summed E-state index contributed by atoms with van der Waals surface area (Å²) in [7, 11) is -4.37. The molecule has 0 atom stereocenters. The number of nitrogens with zero attached hydrogens (tertiary/aromatic N) is 1. The lowest BCUT2D eigenvalue weighted by Gasteiger charge is -2.25. The van der Waals surface area contributed by atoms with Gasteiger partial charge in [-0.3, -0.25) is 10.1 Å². The van der Waals surface area contributed by atoms with Crippen LogP contribution in [0.3, 0.4) is 0 Å². The first-order valence-electron chi connectivity index (χ1n) is 5.92. The van der Waals surface area contributed by atoms with Gasteiger partial charge in [0.15, 0.2) is 5.75 Å². The molecule has 9 heteroatoms. The molecule has 1 fully saturated rings. The summed E-state index contributed by atoms with van der Waals surface area (Å²) in [5.41, 5.74) is -0.616. The van der Waals surface area contributed by atoms with Crippen molar-refractivity contribution in [2.24, 2.45) is 11.1 Å². The molecule has 0 radical (unpaired) electrons. The summed E-state index contributed by atoms with van der Waals surface area (Å²) >= 11 is 0. The van der Waals surface area contributed by atoms with Crippen molar-refractivity contribution in [3.63, 3.8) is 0 Å². The van der Waals surface area contributed by atoms with Crippen molar-refractivity contribution in [1.82, 2.24) is 0 Å². The fourth-order valence-electron chi connectivity index (χ4n) is 1.87. The normalized spacial score (nSPS) is 15.7. The summed E-state index contributed by atoms with van der Waals surface area (Å²) in [4.78, 5) is 9.16. The molecule has 0 aliphatic heterocycles. The van der Waals surface area contributed by atoms with E-state index in [1.54, 1.807) is 0 Å². The molecular weight excluding hydrogens is 291 g/mol. The average molecular weight is 304 g/mol. The number of hydrogen-bond donors (Lipinski definition) is 1. The Morgan fingerprint density at radius 2 is 2.10 bits per heavy atom. The molecule has 7 nitrogen and oxygen atoms in total. The third-order valence-electron chi connectivity index (χ3n) is 3.22. The first kappa shape index (κ1) is 14.7. The minimum absolute atomic E-state index is 0.245. The monoisotopic (exact) mass is 304 g/mol. The van der Waals surface area contributed by atoms with Crippen molar-refractivity contribution in [1.29, 1.82) is 0 Å². The topological polar surface area (TPSA) is 113 Å². The lowest BCUT2D eigenvalue weighted by atomic mass is 9.86. The molecule has 1 aliphatic carbocycles. The van der Waals surface area contributed by atoms with Crippen LogP contribution in [-0.2, 0) is 10.0 Å². The molecule has 1 saturated carbocycles. The number of halogens is 1. The van der Waals surface area contributed by atoms with Gasteiger partial charge in [0.2, 0.25) is 10.0 Å². The number of nitro benzene ring substituents is 1. The number of nitro groups is 1. The number of primary sulfonamides is 1. The summed E-state index contributed by atoms with van der Waals surface area (Å²) in [6, 6.07) is 1.28. The molecule has 0 bridgehead atoms. The van der Waals surface area contributed by atoms with Crippen LogP contribution in [0.15, 0.2) is 17.0 Å². The van der Waals surface area contributed by atoms with Crippen LogP contribution in [0, 0.1) is 21.8 Å². The van der Waals surface area contributed by atoms with Crippen LogP contribution in [0.4, 0.5) is 10.1 Å². The van der Waals surface area contributed by atoms with E-state index in [0.29, 0.717) is 18.1 Å². The largest absolute Gasteiger partial charge is 0.486 e. The summed E-state index contributed by atoms with van der Waals surface area (Å²) in [6.07, 6.45) is 3.01. The second kappa shape index (κ2) is 5.33. The number of nitrogens with two attached hydrogens (primary N) is 1. The fourth-order valence-corrected chi connectivity index (χ4v) is 2.47. The maximum Gasteiger partial charge on any atom is 0.312 e. The standard InChI is InChI=1S/C11H13FN2O5S/c12-8-4-10(19-6-7-2-1-3-7)9(14(15)16)5-11(8)20(13,17)18/h4-5,7H,1-3,6H2,(H2,13,17,18). The van der Waals surface area contributed by atoms with Gasteiger partial charge in [-0.25, -0.2) is 17.9 Å². The third-order valence-corrected chi connectivity index (χ3v) is 4.14. The molecule has 2 rings (SSSR count). The molecule has 0 aromatic heterocycles. The van der Waals surface area contributed by atoms with Crippen LogP contribution in [-0.4, -0.2) is 19.9 Å². The second-order valence-corrected chi connectivity index (χ2v) is 6.19. The van der Waals surface area contributed by atoms with Gasteiger partial charge >= 0.3 is 5.69 Å². The smallest absolute Gasteiger partial charge is 0.312 e. The predicted molar refractivity (Wildman–Crippen MR) is 67.3 cm³/mol. The van der Waals surface area contributed by atoms with Gasteiger partial charge in [0.25, 0.3) is 0 Å². The molecule has 1 aliphatic rings. The van der Waals surface area contributed by atoms with Gasteiger partial charge in [-0.2, -0.15) is 0 Å². The fraction of sp³-hybridized carbons (Fsp3) is 0.455. The minimum atomic E-state index is -4.37. The number of ether oxygens (including phenoxy) is 1. The van der Waals surface area contributed by atoms with E-state index in [4.69, 9.17) is 9.88 Å². The van der Waals surface area contributed by atoms with Gasteiger partial charge < -0.3 is 4.74 Å². The second-order valence-electron chi connectivity index (χ2n) is 4.66. The van der Waals surface area contributed by atoms with Gasteiger partial charge in [-0.1, -0.05) is 6.42 Å². The SMILES string of the molecule is NS(=O)(=O)c1cc([N+](=O)[O-])c(OCC2CCC2)cc1F. The molecule has 0 saturated heterocycles. The highest BCUT2D eigenvalue weighted by atomic mass is 32.2. The molecule has 2 N–H and O–H groups in total. The van der Waals surface area contributed by atoms with E-state index >= 15 is 0 Å². The third kappa shape index (κ3) is 3.05. The summed E-state index contributed by atoms with van der Waals surface area (Å²) in [5, 5.41) is 15.7. The van der Waals surface area contributed by atoms with E-state index in [2.05, 4.69) is 0 Å². The van der Waals surface area contributed by atoms with Crippen molar-refractivity contribution in [3.05, 3.63) is 28.1 Å². The quantitative estimate of drug-likeness (QED) is 0.655. The van der Waals surface area contributed by atoms with E-state index in [-0.39, 0.29) is 12.4 Å². The Balaban J connectivity index is 2.35. The van der Waals surface area contributed by atoms with E-state index in [1.165, 1.54) is 0 Å². The zero-order valence-electron chi connectivity index (χ0n) is 10.4. The maximum atomic E-state index is 13.6. The van der Waals surface area contributed by atoms with Crippen molar-refractivity contribution in [2.75, 3.05) is 6.61 Å². The lowest BCUT2D eigenvalue weighted by molar-refractivity contribution is -0.386. The van der Waals surface area contributed by atoms with Gasteiger partial charge in [0.05, 0.1) is 11.5 Å². The zero-order valence-corrected chi connectivity index (χ0v) is 11.2. The van der Waals surface area contributed by atoms with E-state index in [0.717, 1.165) is 19.3 Å². The zero-order chi connectivity index (χ0) is 14.9. The Hall–Kier alpha value is -1.74. The molecule has 1 aromatic rings. The van der Waals surface area contributed by atoms with Crippen LogP contribution in [0.1, 0.15) is 19.3 Å². The highest BCUT2D eigenvalue weighted by molar-refractivity contribution is 7.89. The molecular formula is C11H13FN2O5S. The van der Waals surface area contributed by atoms with E-state index < -0.39 is 31.3 Å². The van der Waals surface area contributed by atoms with E-state index in [1.807, 2.05) is 0 Å². The van der Waals surface area contributed by atoms with Gasteiger partial charge in [-0.15, -0.1) is 0 Å². The predicted octanol–water partition coefficient (Wildman–Crippen LogP) is 1.56. The lowest BCUT2D eigenvalue weighted by Crippen LogP contribution is -2.20. The van der Waals surface area contributed by atoms with Crippen LogP contribution in [0.25, 0.3) is 0 Å². The van der Waals surface area contributed by atoms with Gasteiger partial charge in [0.1, 0.15) is 10.7 Å². The number of rotatable bonds is 5. The van der Waals surface area contributed by atoms with Crippen LogP contribution in [0.5, 0.6) is 5.75 Å². The maximum absolute atomic E-state index is 13.6. The van der Waals surface area contributed by atoms with Gasteiger partial charge in [0, 0.05) is 12.1 Å². The minimum Gasteiger partial charge on any atom is -0.486 e. The van der Waals surface area contributed by atoms with Gasteiger partial charge in [-0.05, 0) is 18.8 Å². The summed E-state index contributed by atoms with van der Waals surface area (Å²) in [6.45, 7) is 0.245. The first-order valence-corrected chi connectivity index (χ1v) is 7.47. The highest BCUT2D eigenvalue weighted by Crippen LogP contribution is 2.33. The Labute approximate surface area is 114 Å². The molecule has 20 heavy (non-hydrogen) atoms. The summed E-state index contributed by atoms with van der Waals surface area (Å²) < 4.78 is 41.2. The molecule has 0 amide bonds. The van der Waals surface area contributed by atoms with E-state index in [9.17, 15) is 22.9 Å². The first-order chi connectivity index (χ1) is 9.29. The Kier molecular flexibility index (Phi) is 3.91. The number of hydrogen-bond acceptors (Lipinski definition) is 5. The Bertz CT molecular complexity index is 642. The molecule has 0 spiro atoms. The van der Waals surface area contributed by atoms with Crippen LogP contribution >= 0.6 is 0 Å². The van der Waals surface area contributed by atoms with Crippen molar-refractivity contribution < 1.29 is 22.5 Å². The molecule has 0 unspecified atom stereocenters. The van der Waals surface area contributed by atoms with Crippen molar-refractivity contribution in [3.8, 4) is 5.75 Å². The number of benzene rings is 1. The van der Waals surface area contributed by atoms with Crippen molar-refractivity contribution in [2.45, 2.75) is 24.2 Å². The molecule has 110 valence electrons.